The van der Waals surface area contributed by atoms with Crippen LogP contribution in [0.15, 0.2) is 59.7 Å². The Balaban J connectivity index is 1.69. The van der Waals surface area contributed by atoms with Crippen molar-refractivity contribution in [3.05, 3.63) is 76.5 Å². The van der Waals surface area contributed by atoms with E-state index in [0.29, 0.717) is 19.0 Å². The second kappa shape index (κ2) is 5.68. The molecule has 0 fully saturated rings. The maximum absolute atomic E-state index is 12.3. The Bertz CT molecular complexity index is 904. The van der Waals surface area contributed by atoms with E-state index in [1.165, 1.54) is 5.56 Å². The molecule has 5 heteroatoms. The molecule has 0 N–H and O–H groups in total. The smallest absolute Gasteiger partial charge is 0.351 e. The first-order valence-electron chi connectivity index (χ1n) is 7.53. The van der Waals surface area contributed by atoms with Crippen LogP contribution in [0.2, 0.25) is 0 Å². The van der Waals surface area contributed by atoms with Gasteiger partial charge in [0.1, 0.15) is 6.61 Å². The van der Waals surface area contributed by atoms with Crippen molar-refractivity contribution in [3.63, 3.8) is 0 Å². The molecule has 1 aromatic carbocycles. The lowest BCUT2D eigenvalue weighted by molar-refractivity contribution is 0.290. The van der Waals surface area contributed by atoms with Crippen LogP contribution in [-0.2, 0) is 19.6 Å². The van der Waals surface area contributed by atoms with Gasteiger partial charge in [-0.3, -0.25) is 9.55 Å². The first-order valence-corrected chi connectivity index (χ1v) is 7.53. The highest BCUT2D eigenvalue weighted by Gasteiger charge is 2.18. The molecular formula is C18H15N3O2. The lowest BCUT2D eigenvalue weighted by Crippen LogP contribution is -2.28. The van der Waals surface area contributed by atoms with Gasteiger partial charge in [-0.15, -0.1) is 0 Å². The zero-order chi connectivity index (χ0) is 15.6. The van der Waals surface area contributed by atoms with Crippen molar-refractivity contribution in [2.45, 2.75) is 19.6 Å². The Morgan fingerprint density at radius 2 is 2.09 bits per heavy atom. The average molecular weight is 305 g/mol. The van der Waals surface area contributed by atoms with Crippen LogP contribution in [0.5, 0.6) is 5.88 Å². The minimum absolute atomic E-state index is 0.266. The van der Waals surface area contributed by atoms with Gasteiger partial charge in [-0.25, -0.2) is 4.79 Å². The largest absolute Gasteiger partial charge is 0.473 e. The van der Waals surface area contributed by atoms with Crippen LogP contribution < -0.4 is 10.4 Å². The molecular weight excluding hydrogens is 290 g/mol. The van der Waals surface area contributed by atoms with Crippen LogP contribution in [0.1, 0.15) is 11.1 Å². The summed E-state index contributed by atoms with van der Waals surface area (Å²) in [6.07, 6.45) is 4.30. The second-order valence-electron chi connectivity index (χ2n) is 5.47. The van der Waals surface area contributed by atoms with Gasteiger partial charge in [-0.05, 0) is 18.1 Å². The van der Waals surface area contributed by atoms with Crippen molar-refractivity contribution < 1.29 is 4.74 Å². The topological polar surface area (TPSA) is 57.0 Å². The minimum Gasteiger partial charge on any atom is -0.473 e. The maximum atomic E-state index is 12.3. The van der Waals surface area contributed by atoms with E-state index in [2.05, 4.69) is 16.0 Å². The first kappa shape index (κ1) is 13.7. The van der Waals surface area contributed by atoms with E-state index in [1.54, 1.807) is 17.0 Å². The van der Waals surface area contributed by atoms with Crippen molar-refractivity contribution in [3.8, 4) is 17.1 Å². The predicted molar refractivity (Wildman–Crippen MR) is 86.2 cm³/mol. The van der Waals surface area contributed by atoms with Gasteiger partial charge in [0, 0.05) is 36.1 Å². The van der Waals surface area contributed by atoms with Crippen LogP contribution in [0.4, 0.5) is 0 Å². The van der Waals surface area contributed by atoms with Crippen molar-refractivity contribution >= 4 is 0 Å². The summed E-state index contributed by atoms with van der Waals surface area (Å²) in [6, 6.07) is 13.8. The van der Waals surface area contributed by atoms with Gasteiger partial charge < -0.3 is 4.74 Å². The molecule has 3 heterocycles. The van der Waals surface area contributed by atoms with Gasteiger partial charge in [0.2, 0.25) is 5.88 Å². The van der Waals surface area contributed by atoms with E-state index in [1.807, 2.05) is 36.4 Å². The summed E-state index contributed by atoms with van der Waals surface area (Å²) in [4.78, 5) is 20.4. The number of rotatable bonds is 3. The summed E-state index contributed by atoms with van der Waals surface area (Å²) < 4.78 is 7.40. The van der Waals surface area contributed by atoms with Gasteiger partial charge in [0.15, 0.2) is 0 Å². The van der Waals surface area contributed by atoms with Crippen molar-refractivity contribution in [1.82, 2.24) is 14.5 Å². The number of fused-ring (bicyclic) bond motifs is 3. The summed E-state index contributed by atoms with van der Waals surface area (Å²) in [5.74, 6) is 0.349. The highest BCUT2D eigenvalue weighted by Crippen LogP contribution is 2.29. The molecule has 0 unspecified atom stereocenters. The molecule has 0 aliphatic carbocycles. The summed E-state index contributed by atoms with van der Waals surface area (Å²) >= 11 is 0. The van der Waals surface area contributed by atoms with E-state index < -0.39 is 0 Å². The number of ether oxygens (including phenoxy) is 1. The highest BCUT2D eigenvalue weighted by molar-refractivity contribution is 5.66. The first-order chi connectivity index (χ1) is 11.3. The highest BCUT2D eigenvalue weighted by atomic mass is 16.5. The molecule has 2 aromatic heterocycles. The molecule has 4 rings (SSSR count). The van der Waals surface area contributed by atoms with Gasteiger partial charge in [-0.1, -0.05) is 30.3 Å². The molecule has 0 saturated carbocycles. The third-order valence-corrected chi connectivity index (χ3v) is 4.00. The Hall–Kier alpha value is -2.95. The Kier molecular flexibility index (Phi) is 3.38. The van der Waals surface area contributed by atoms with E-state index in [9.17, 15) is 4.79 Å². The molecule has 0 bridgehead atoms. The van der Waals surface area contributed by atoms with Crippen molar-refractivity contribution in [2.75, 3.05) is 0 Å². The summed E-state index contributed by atoms with van der Waals surface area (Å²) in [7, 11) is 0. The zero-order valence-corrected chi connectivity index (χ0v) is 12.5. The van der Waals surface area contributed by atoms with E-state index in [-0.39, 0.29) is 5.69 Å². The van der Waals surface area contributed by atoms with Gasteiger partial charge in [0.05, 0.1) is 5.69 Å². The molecule has 1 aliphatic rings. The number of hydrogen-bond acceptors (Lipinski definition) is 4. The second-order valence-corrected chi connectivity index (χ2v) is 5.47. The molecule has 0 saturated heterocycles. The SMILES string of the molecule is O=c1nc(OCc2cccnc2)cc2n1CCc1ccccc1-2. The van der Waals surface area contributed by atoms with Crippen LogP contribution in [-0.4, -0.2) is 14.5 Å². The van der Waals surface area contributed by atoms with E-state index in [4.69, 9.17) is 4.74 Å². The van der Waals surface area contributed by atoms with Crippen molar-refractivity contribution in [1.29, 1.82) is 0 Å². The average Bonchev–Trinajstić information content (AvgIpc) is 2.61. The summed E-state index contributed by atoms with van der Waals surface area (Å²) in [6.45, 7) is 0.993. The molecule has 0 atom stereocenters. The van der Waals surface area contributed by atoms with E-state index >= 15 is 0 Å². The number of aromatic nitrogens is 3. The lowest BCUT2D eigenvalue weighted by atomic mass is 9.98. The molecule has 0 amide bonds. The molecule has 1 aliphatic heterocycles. The van der Waals surface area contributed by atoms with Gasteiger partial charge >= 0.3 is 5.69 Å². The predicted octanol–water partition coefficient (Wildman–Crippen LogP) is 2.44. The normalized spacial score (nSPS) is 12.3. The molecule has 3 aromatic rings. The Morgan fingerprint density at radius 3 is 2.96 bits per heavy atom. The number of aryl methyl sites for hydroxylation is 1. The quantitative estimate of drug-likeness (QED) is 0.746. The fourth-order valence-electron chi connectivity index (χ4n) is 2.86. The molecule has 23 heavy (non-hydrogen) atoms. The van der Waals surface area contributed by atoms with Gasteiger partial charge in [-0.2, -0.15) is 4.98 Å². The van der Waals surface area contributed by atoms with Crippen LogP contribution in [0.25, 0.3) is 11.3 Å². The summed E-state index contributed by atoms with van der Waals surface area (Å²) in [5, 5.41) is 0. The fourth-order valence-corrected chi connectivity index (χ4v) is 2.86. The number of nitrogens with zero attached hydrogens (tertiary/aromatic N) is 3. The third kappa shape index (κ3) is 2.61. The standard InChI is InChI=1S/C18H15N3O2/c22-18-20-17(23-12-13-4-3-8-19-11-13)10-16-15-6-2-1-5-14(15)7-9-21(16)18/h1-6,8,10-11H,7,9,12H2. The molecule has 0 spiro atoms. The minimum atomic E-state index is -0.266. The maximum Gasteiger partial charge on any atom is 0.351 e. The third-order valence-electron chi connectivity index (χ3n) is 4.00. The Labute approximate surface area is 133 Å². The number of pyridine rings is 1. The van der Waals surface area contributed by atoms with E-state index in [0.717, 1.165) is 23.2 Å². The lowest BCUT2D eigenvalue weighted by Gasteiger charge is -2.21. The molecule has 114 valence electrons. The Morgan fingerprint density at radius 1 is 1.17 bits per heavy atom. The van der Waals surface area contributed by atoms with Crippen LogP contribution in [0.3, 0.4) is 0 Å². The van der Waals surface area contributed by atoms with Gasteiger partial charge in [0.25, 0.3) is 0 Å². The zero-order valence-electron chi connectivity index (χ0n) is 12.5. The number of hydrogen-bond donors (Lipinski definition) is 0. The molecule has 5 nitrogen and oxygen atoms in total. The monoisotopic (exact) mass is 305 g/mol. The fraction of sp³-hybridized carbons (Fsp3) is 0.167. The van der Waals surface area contributed by atoms with Crippen LogP contribution >= 0.6 is 0 Å². The molecule has 0 radical (unpaired) electrons. The van der Waals surface area contributed by atoms with Crippen molar-refractivity contribution in [2.24, 2.45) is 0 Å². The van der Waals surface area contributed by atoms with Crippen LogP contribution in [0, 0.1) is 0 Å². The number of benzene rings is 1. The summed E-state index contributed by atoms with van der Waals surface area (Å²) in [5.41, 5.74) is 3.86.